The third-order valence-electron chi connectivity index (χ3n) is 4.74. The molecule has 1 aromatic carbocycles. The van der Waals surface area contributed by atoms with Crippen LogP contribution in [-0.4, -0.2) is 42.5 Å². The van der Waals surface area contributed by atoms with Gasteiger partial charge in [0.2, 0.25) is 5.91 Å². The van der Waals surface area contributed by atoms with E-state index in [-0.39, 0.29) is 24.2 Å². The summed E-state index contributed by atoms with van der Waals surface area (Å²) in [7, 11) is 0. The van der Waals surface area contributed by atoms with Crippen LogP contribution in [0.5, 0.6) is 0 Å². The lowest BCUT2D eigenvalue weighted by atomic mass is 9.95. The quantitative estimate of drug-likeness (QED) is 0.888. The monoisotopic (exact) mass is 323 g/mol. The maximum Gasteiger partial charge on any atom is 0.225 e. The molecule has 5 heteroatoms. The first-order valence-electron chi connectivity index (χ1n) is 8.01. The van der Waals surface area contributed by atoms with E-state index in [1.54, 1.807) is 0 Å². The number of piperidine rings is 1. The molecule has 2 aliphatic heterocycles. The van der Waals surface area contributed by atoms with Crippen molar-refractivity contribution in [3.05, 3.63) is 35.9 Å². The lowest BCUT2D eigenvalue weighted by Gasteiger charge is -2.39. The molecule has 2 fully saturated rings. The van der Waals surface area contributed by atoms with E-state index < -0.39 is 0 Å². The number of hydrogen-bond acceptors (Lipinski definition) is 3. The SMILES string of the molecule is CC1CC(NC(=O)C2CNC2)CCN1Cc1ccccc1.Cl. The van der Waals surface area contributed by atoms with Crippen molar-refractivity contribution in [2.45, 2.75) is 38.4 Å². The number of nitrogens with one attached hydrogen (secondary N) is 2. The molecule has 2 N–H and O–H groups in total. The van der Waals surface area contributed by atoms with Crippen LogP contribution in [0.2, 0.25) is 0 Å². The first kappa shape index (κ1) is 17.3. The predicted molar refractivity (Wildman–Crippen MR) is 91.1 cm³/mol. The maximum atomic E-state index is 12.0. The molecule has 3 rings (SSSR count). The van der Waals surface area contributed by atoms with E-state index in [0.29, 0.717) is 12.1 Å². The molecule has 1 aromatic rings. The summed E-state index contributed by atoms with van der Waals surface area (Å²) in [5.74, 6) is 0.435. The van der Waals surface area contributed by atoms with Crippen LogP contribution in [0.4, 0.5) is 0 Å². The van der Waals surface area contributed by atoms with E-state index in [9.17, 15) is 4.79 Å². The fourth-order valence-electron chi connectivity index (χ4n) is 3.20. The normalized spacial score (nSPS) is 25.9. The van der Waals surface area contributed by atoms with Gasteiger partial charge in [0, 0.05) is 38.3 Å². The second kappa shape index (κ2) is 7.95. The van der Waals surface area contributed by atoms with Crippen LogP contribution >= 0.6 is 12.4 Å². The number of rotatable bonds is 4. The van der Waals surface area contributed by atoms with E-state index in [4.69, 9.17) is 0 Å². The van der Waals surface area contributed by atoms with Gasteiger partial charge >= 0.3 is 0 Å². The summed E-state index contributed by atoms with van der Waals surface area (Å²) in [6, 6.07) is 11.5. The molecule has 0 aromatic heterocycles. The van der Waals surface area contributed by atoms with Gasteiger partial charge < -0.3 is 10.6 Å². The van der Waals surface area contributed by atoms with Gasteiger partial charge in [-0.15, -0.1) is 12.4 Å². The lowest BCUT2D eigenvalue weighted by molar-refractivity contribution is -0.127. The van der Waals surface area contributed by atoms with Crippen LogP contribution in [-0.2, 0) is 11.3 Å². The van der Waals surface area contributed by atoms with Crippen LogP contribution in [0.15, 0.2) is 30.3 Å². The van der Waals surface area contributed by atoms with Crippen molar-refractivity contribution in [1.29, 1.82) is 0 Å². The predicted octanol–water partition coefficient (Wildman–Crippen LogP) is 1.80. The van der Waals surface area contributed by atoms with Gasteiger partial charge in [-0.2, -0.15) is 0 Å². The summed E-state index contributed by atoms with van der Waals surface area (Å²) in [6.07, 6.45) is 2.11. The van der Waals surface area contributed by atoms with Crippen molar-refractivity contribution in [1.82, 2.24) is 15.5 Å². The molecule has 1 amide bonds. The Morgan fingerprint density at radius 3 is 2.64 bits per heavy atom. The first-order valence-corrected chi connectivity index (χ1v) is 8.01. The van der Waals surface area contributed by atoms with Crippen LogP contribution in [0.3, 0.4) is 0 Å². The van der Waals surface area contributed by atoms with Gasteiger partial charge in [0.25, 0.3) is 0 Å². The minimum atomic E-state index is 0. The zero-order valence-electron chi connectivity index (χ0n) is 13.1. The van der Waals surface area contributed by atoms with Crippen molar-refractivity contribution in [3.8, 4) is 0 Å². The third kappa shape index (κ3) is 4.22. The number of amides is 1. The molecule has 0 saturated carbocycles. The highest BCUT2D eigenvalue weighted by molar-refractivity contribution is 5.85. The molecule has 2 heterocycles. The number of carbonyl (C=O) groups excluding carboxylic acids is 1. The second-order valence-corrected chi connectivity index (χ2v) is 6.39. The summed E-state index contributed by atoms with van der Waals surface area (Å²) in [5, 5.41) is 6.38. The molecular formula is C17H26ClN3O. The van der Waals surface area contributed by atoms with Crippen molar-refractivity contribution in [3.63, 3.8) is 0 Å². The molecule has 0 spiro atoms. The average molecular weight is 324 g/mol. The summed E-state index contributed by atoms with van der Waals surface area (Å²) in [4.78, 5) is 14.5. The van der Waals surface area contributed by atoms with Gasteiger partial charge in [-0.1, -0.05) is 30.3 Å². The zero-order valence-corrected chi connectivity index (χ0v) is 13.9. The molecule has 0 radical (unpaired) electrons. The standard InChI is InChI=1S/C17H25N3O.ClH/c1-13-9-16(19-17(21)15-10-18-11-15)7-8-20(13)12-14-5-3-2-4-6-14;/h2-6,13,15-16,18H,7-12H2,1H3,(H,19,21);1H. The molecule has 2 atom stereocenters. The van der Waals surface area contributed by atoms with Gasteiger partial charge in [-0.05, 0) is 25.3 Å². The van der Waals surface area contributed by atoms with Gasteiger partial charge in [-0.3, -0.25) is 9.69 Å². The number of nitrogens with zero attached hydrogens (tertiary/aromatic N) is 1. The van der Waals surface area contributed by atoms with Crippen LogP contribution in [0.1, 0.15) is 25.3 Å². The molecule has 0 aliphatic carbocycles. The summed E-state index contributed by atoms with van der Waals surface area (Å²) in [5.41, 5.74) is 1.37. The summed E-state index contributed by atoms with van der Waals surface area (Å²) in [6.45, 7) is 6.02. The number of hydrogen-bond donors (Lipinski definition) is 2. The largest absolute Gasteiger partial charge is 0.353 e. The molecule has 2 unspecified atom stereocenters. The molecular weight excluding hydrogens is 298 g/mol. The van der Waals surface area contributed by atoms with E-state index in [0.717, 1.165) is 39.0 Å². The van der Waals surface area contributed by atoms with Crippen molar-refractivity contribution >= 4 is 18.3 Å². The number of carbonyl (C=O) groups is 1. The van der Waals surface area contributed by atoms with Crippen LogP contribution in [0, 0.1) is 5.92 Å². The Hall–Kier alpha value is -1.10. The molecule has 22 heavy (non-hydrogen) atoms. The summed E-state index contributed by atoms with van der Waals surface area (Å²) < 4.78 is 0. The average Bonchev–Trinajstić information content (AvgIpc) is 2.41. The van der Waals surface area contributed by atoms with Crippen LogP contribution in [0.25, 0.3) is 0 Å². The smallest absolute Gasteiger partial charge is 0.225 e. The molecule has 2 aliphatic rings. The Morgan fingerprint density at radius 1 is 1.32 bits per heavy atom. The van der Waals surface area contributed by atoms with Crippen molar-refractivity contribution in [2.24, 2.45) is 5.92 Å². The van der Waals surface area contributed by atoms with Gasteiger partial charge in [0.1, 0.15) is 0 Å². The Bertz CT molecular complexity index is 478. The van der Waals surface area contributed by atoms with Gasteiger partial charge in [-0.25, -0.2) is 0 Å². The fraction of sp³-hybridized carbons (Fsp3) is 0.588. The minimum absolute atomic E-state index is 0. The zero-order chi connectivity index (χ0) is 14.7. The van der Waals surface area contributed by atoms with E-state index in [2.05, 4.69) is 52.8 Å². The molecule has 4 nitrogen and oxygen atoms in total. The molecule has 122 valence electrons. The van der Waals surface area contributed by atoms with E-state index in [1.807, 2.05) is 0 Å². The lowest BCUT2D eigenvalue weighted by Crippen LogP contribution is -2.55. The van der Waals surface area contributed by atoms with Crippen molar-refractivity contribution < 1.29 is 4.79 Å². The number of likely N-dealkylation sites (tertiary alicyclic amines) is 1. The number of benzene rings is 1. The maximum absolute atomic E-state index is 12.0. The van der Waals surface area contributed by atoms with Gasteiger partial charge in [0.05, 0.1) is 5.92 Å². The van der Waals surface area contributed by atoms with Gasteiger partial charge in [0.15, 0.2) is 0 Å². The first-order chi connectivity index (χ1) is 10.2. The molecule has 2 saturated heterocycles. The Labute approximate surface area is 139 Å². The van der Waals surface area contributed by atoms with E-state index in [1.165, 1.54) is 5.56 Å². The Kier molecular flexibility index (Phi) is 6.24. The fourth-order valence-corrected chi connectivity index (χ4v) is 3.20. The Morgan fingerprint density at radius 2 is 2.05 bits per heavy atom. The van der Waals surface area contributed by atoms with Crippen LogP contribution < -0.4 is 10.6 Å². The van der Waals surface area contributed by atoms with E-state index >= 15 is 0 Å². The highest BCUT2D eigenvalue weighted by atomic mass is 35.5. The second-order valence-electron chi connectivity index (χ2n) is 6.39. The minimum Gasteiger partial charge on any atom is -0.353 e. The topological polar surface area (TPSA) is 44.4 Å². The highest BCUT2D eigenvalue weighted by Crippen LogP contribution is 2.20. The Balaban J connectivity index is 0.00000176. The highest BCUT2D eigenvalue weighted by Gasteiger charge is 2.30. The third-order valence-corrected chi connectivity index (χ3v) is 4.74. The number of halogens is 1. The summed E-state index contributed by atoms with van der Waals surface area (Å²) >= 11 is 0. The molecule has 0 bridgehead atoms. The van der Waals surface area contributed by atoms with Crippen molar-refractivity contribution in [2.75, 3.05) is 19.6 Å².